The van der Waals surface area contributed by atoms with Gasteiger partial charge in [-0.2, -0.15) is 5.26 Å². The molecule has 1 aliphatic heterocycles. The van der Waals surface area contributed by atoms with Crippen LogP contribution < -0.4 is 5.32 Å². The Morgan fingerprint density at radius 3 is 3.00 bits per heavy atom. The fourth-order valence-corrected chi connectivity index (χ4v) is 1.45. The fourth-order valence-electron chi connectivity index (χ4n) is 1.45. The minimum absolute atomic E-state index is 0.0714. The lowest BCUT2D eigenvalue weighted by Gasteiger charge is -2.26. The van der Waals surface area contributed by atoms with Crippen molar-refractivity contribution in [1.82, 2.24) is 4.98 Å². The van der Waals surface area contributed by atoms with Crippen LogP contribution in [0.1, 0.15) is 12.1 Å². The molecular formula is C10H10N4O3. The highest BCUT2D eigenvalue weighted by atomic mass is 16.6. The molecule has 7 heteroatoms. The second-order valence-corrected chi connectivity index (χ2v) is 3.60. The number of rotatable bonds is 4. The molecule has 0 amide bonds. The maximum Gasteiger partial charge on any atom is 0.311 e. The number of pyridine rings is 1. The molecule has 0 aromatic carbocycles. The zero-order chi connectivity index (χ0) is 12.3. The van der Waals surface area contributed by atoms with Crippen LogP contribution in [0.3, 0.4) is 0 Å². The average molecular weight is 234 g/mol. The zero-order valence-corrected chi connectivity index (χ0v) is 8.92. The van der Waals surface area contributed by atoms with Crippen LogP contribution in [0.15, 0.2) is 12.1 Å². The van der Waals surface area contributed by atoms with Crippen molar-refractivity contribution in [2.45, 2.75) is 12.5 Å². The predicted octanol–water partition coefficient (Wildman–Crippen LogP) is 1.06. The molecule has 1 atom stereocenters. The van der Waals surface area contributed by atoms with Gasteiger partial charge in [-0.3, -0.25) is 10.1 Å². The van der Waals surface area contributed by atoms with E-state index in [4.69, 9.17) is 10.00 Å². The van der Waals surface area contributed by atoms with Gasteiger partial charge >= 0.3 is 5.69 Å². The van der Waals surface area contributed by atoms with Gasteiger partial charge in [0.05, 0.1) is 11.0 Å². The third-order valence-electron chi connectivity index (χ3n) is 2.48. The molecular weight excluding hydrogens is 224 g/mol. The van der Waals surface area contributed by atoms with Crippen molar-refractivity contribution in [2.75, 3.05) is 18.5 Å². The van der Waals surface area contributed by atoms with Gasteiger partial charge in [-0.1, -0.05) is 0 Å². The van der Waals surface area contributed by atoms with Gasteiger partial charge in [0, 0.05) is 19.2 Å². The summed E-state index contributed by atoms with van der Waals surface area (Å²) in [6.07, 6.45) is 1.00. The Kier molecular flexibility index (Phi) is 3.16. The van der Waals surface area contributed by atoms with Crippen LogP contribution in [0.2, 0.25) is 0 Å². The quantitative estimate of drug-likeness (QED) is 0.617. The highest BCUT2D eigenvalue weighted by molar-refractivity contribution is 5.57. The van der Waals surface area contributed by atoms with Crippen molar-refractivity contribution >= 4 is 11.5 Å². The van der Waals surface area contributed by atoms with Crippen LogP contribution in [0.25, 0.3) is 0 Å². The third kappa shape index (κ3) is 2.49. The first-order chi connectivity index (χ1) is 8.20. The molecule has 2 heterocycles. The van der Waals surface area contributed by atoms with E-state index in [-0.39, 0.29) is 23.3 Å². The molecule has 0 saturated carbocycles. The van der Waals surface area contributed by atoms with Crippen molar-refractivity contribution in [3.8, 4) is 6.07 Å². The Labute approximate surface area is 97.2 Å². The number of hydrogen-bond acceptors (Lipinski definition) is 6. The van der Waals surface area contributed by atoms with E-state index in [9.17, 15) is 10.1 Å². The van der Waals surface area contributed by atoms with Crippen LogP contribution in [0, 0.1) is 21.4 Å². The van der Waals surface area contributed by atoms with E-state index in [0.717, 1.165) is 13.0 Å². The summed E-state index contributed by atoms with van der Waals surface area (Å²) >= 11 is 0. The van der Waals surface area contributed by atoms with Gasteiger partial charge in [-0.05, 0) is 12.5 Å². The number of aromatic nitrogens is 1. The van der Waals surface area contributed by atoms with Crippen LogP contribution in [0.4, 0.5) is 11.5 Å². The van der Waals surface area contributed by atoms with Gasteiger partial charge in [0.15, 0.2) is 0 Å². The average Bonchev–Trinajstić information content (AvgIpc) is 2.26. The molecule has 0 aliphatic carbocycles. The van der Waals surface area contributed by atoms with Gasteiger partial charge in [-0.25, -0.2) is 4.98 Å². The van der Waals surface area contributed by atoms with Crippen LogP contribution in [-0.4, -0.2) is 29.2 Å². The summed E-state index contributed by atoms with van der Waals surface area (Å²) in [6, 6.07) is 4.44. The van der Waals surface area contributed by atoms with E-state index in [0.29, 0.717) is 6.54 Å². The minimum Gasteiger partial charge on any atom is -0.376 e. The lowest BCUT2D eigenvalue weighted by atomic mass is 10.2. The van der Waals surface area contributed by atoms with E-state index < -0.39 is 4.92 Å². The fraction of sp³-hybridized carbons (Fsp3) is 0.400. The Morgan fingerprint density at radius 2 is 2.47 bits per heavy atom. The van der Waals surface area contributed by atoms with E-state index >= 15 is 0 Å². The Bertz CT molecular complexity index is 479. The first-order valence-electron chi connectivity index (χ1n) is 5.11. The van der Waals surface area contributed by atoms with E-state index in [1.165, 1.54) is 12.1 Å². The number of hydrogen-bond donors (Lipinski definition) is 1. The van der Waals surface area contributed by atoms with Crippen LogP contribution >= 0.6 is 0 Å². The molecule has 2 rings (SSSR count). The summed E-state index contributed by atoms with van der Waals surface area (Å²) in [6.45, 7) is 1.18. The topological polar surface area (TPSA) is 101 Å². The Morgan fingerprint density at radius 1 is 1.71 bits per heavy atom. The van der Waals surface area contributed by atoms with E-state index in [1.54, 1.807) is 0 Å². The monoisotopic (exact) mass is 234 g/mol. The molecule has 88 valence electrons. The molecule has 1 N–H and O–H groups in total. The van der Waals surface area contributed by atoms with Gasteiger partial charge in [0.2, 0.25) is 5.82 Å². The second kappa shape index (κ2) is 4.76. The molecule has 0 bridgehead atoms. The second-order valence-electron chi connectivity index (χ2n) is 3.60. The predicted molar refractivity (Wildman–Crippen MR) is 58.5 cm³/mol. The van der Waals surface area contributed by atoms with Crippen molar-refractivity contribution in [3.63, 3.8) is 0 Å². The molecule has 1 fully saturated rings. The van der Waals surface area contributed by atoms with Crippen LogP contribution in [-0.2, 0) is 4.74 Å². The number of nitrogens with zero attached hydrogens (tertiary/aromatic N) is 3. The first kappa shape index (κ1) is 11.3. The maximum atomic E-state index is 10.8. The lowest BCUT2D eigenvalue weighted by Crippen LogP contribution is -2.33. The van der Waals surface area contributed by atoms with Crippen molar-refractivity contribution < 1.29 is 9.66 Å². The molecule has 1 aromatic heterocycles. The number of ether oxygens (including phenoxy) is 1. The standard InChI is InChI=1S/C10H10N4O3/c11-5-7-1-2-9(14(15)16)10(13-7)12-6-8-3-4-17-8/h1-2,8H,3-4,6H2,(H,12,13). The molecule has 1 saturated heterocycles. The number of nitro groups is 1. The molecule has 0 spiro atoms. The van der Waals surface area contributed by atoms with E-state index in [1.807, 2.05) is 6.07 Å². The van der Waals surface area contributed by atoms with Gasteiger partial charge in [0.25, 0.3) is 0 Å². The molecule has 17 heavy (non-hydrogen) atoms. The highest BCUT2D eigenvalue weighted by Gasteiger charge is 2.21. The lowest BCUT2D eigenvalue weighted by molar-refractivity contribution is -0.384. The third-order valence-corrected chi connectivity index (χ3v) is 2.48. The van der Waals surface area contributed by atoms with E-state index in [2.05, 4.69) is 10.3 Å². The smallest absolute Gasteiger partial charge is 0.311 e. The SMILES string of the molecule is N#Cc1ccc([N+](=O)[O-])c(NCC2CCO2)n1. The zero-order valence-electron chi connectivity index (χ0n) is 8.92. The summed E-state index contributed by atoms with van der Waals surface area (Å²) in [5, 5.41) is 22.3. The minimum atomic E-state index is -0.530. The number of nitrogens with one attached hydrogen (secondary N) is 1. The molecule has 0 radical (unpaired) electrons. The summed E-state index contributed by atoms with van der Waals surface area (Å²) < 4.78 is 5.18. The highest BCUT2D eigenvalue weighted by Crippen LogP contribution is 2.22. The molecule has 1 aliphatic rings. The molecule has 1 unspecified atom stereocenters. The van der Waals surface area contributed by atoms with Crippen molar-refractivity contribution in [3.05, 3.63) is 27.9 Å². The molecule has 1 aromatic rings. The Hall–Kier alpha value is -2.20. The summed E-state index contributed by atoms with van der Waals surface area (Å²) in [7, 11) is 0. The largest absolute Gasteiger partial charge is 0.376 e. The summed E-state index contributed by atoms with van der Waals surface area (Å²) in [5.41, 5.74) is 0.0101. The van der Waals surface area contributed by atoms with Gasteiger partial charge in [-0.15, -0.1) is 0 Å². The normalized spacial score (nSPS) is 17.9. The Balaban J connectivity index is 2.15. The van der Waals surface area contributed by atoms with Crippen molar-refractivity contribution in [1.29, 1.82) is 5.26 Å². The summed E-state index contributed by atoms with van der Waals surface area (Å²) in [4.78, 5) is 14.1. The summed E-state index contributed by atoms with van der Waals surface area (Å²) in [5.74, 6) is 0.115. The first-order valence-corrected chi connectivity index (χ1v) is 5.11. The number of anilines is 1. The van der Waals surface area contributed by atoms with Crippen LogP contribution in [0.5, 0.6) is 0 Å². The van der Waals surface area contributed by atoms with Crippen molar-refractivity contribution in [2.24, 2.45) is 0 Å². The van der Waals surface area contributed by atoms with Gasteiger partial charge in [0.1, 0.15) is 11.8 Å². The maximum absolute atomic E-state index is 10.8. The number of nitriles is 1. The van der Waals surface area contributed by atoms with Gasteiger partial charge < -0.3 is 10.1 Å². The molecule has 7 nitrogen and oxygen atoms in total.